The van der Waals surface area contributed by atoms with Gasteiger partial charge in [0.2, 0.25) is 0 Å². The van der Waals surface area contributed by atoms with E-state index in [0.29, 0.717) is 0 Å². The molecule has 0 saturated carbocycles. The molecule has 0 rings (SSSR count). The van der Waals surface area contributed by atoms with Crippen LogP contribution in [-0.2, 0) is 120 Å². The Morgan fingerprint density at radius 2 is 0.733 bits per heavy atom. The molecule has 0 aromatic rings. The van der Waals surface area contributed by atoms with E-state index in [1.54, 1.807) is 20.4 Å². The van der Waals surface area contributed by atoms with Gasteiger partial charge in [-0.2, -0.15) is 20.4 Å². The zero-order valence-electron chi connectivity index (χ0n) is 10.8. The van der Waals surface area contributed by atoms with Crippen molar-refractivity contribution >= 4 is 31.7 Å². The minimum absolute atomic E-state index is 0. The van der Waals surface area contributed by atoms with Crippen molar-refractivity contribution in [3.63, 3.8) is 0 Å². The van der Waals surface area contributed by atoms with Crippen molar-refractivity contribution in [2.24, 2.45) is 0 Å². The van der Waals surface area contributed by atoms with Gasteiger partial charge in [-0.05, 0) is 0 Å². The van der Waals surface area contributed by atoms with Crippen LogP contribution in [0.5, 0.6) is 0 Å². The van der Waals surface area contributed by atoms with Gasteiger partial charge in [0.25, 0.3) is 0 Å². The first-order valence-corrected chi connectivity index (χ1v) is 8.12. The molecular weight excluding hydrogens is 732 g/mol. The average molecular weight is 753 g/mol. The van der Waals surface area contributed by atoms with Gasteiger partial charge in [0.15, 0.2) is 0 Å². The molecule has 88 valence electrons. The first-order chi connectivity index (χ1) is 5.24. The van der Waals surface area contributed by atoms with E-state index >= 15 is 0 Å². The summed E-state index contributed by atoms with van der Waals surface area (Å²) in [4.78, 5) is 0. The van der Waals surface area contributed by atoms with Crippen LogP contribution in [-0.4, -0.2) is 39.4 Å². The first-order valence-electron chi connectivity index (χ1n) is 3.30. The molecule has 0 amide bonds. The van der Waals surface area contributed by atoms with E-state index in [0.717, 1.165) is 19.0 Å². The van der Waals surface area contributed by atoms with Gasteiger partial charge < -0.3 is 17.9 Å². The first kappa shape index (κ1) is 50.6. The summed E-state index contributed by atoms with van der Waals surface area (Å²) in [5, 5.41) is 3.50. The van der Waals surface area contributed by atoms with E-state index in [2.05, 4.69) is 44.1 Å². The molecular formula is C7H21NSSi2W2Y2-2. The Kier molecular flexibility index (Phi) is 346. The Morgan fingerprint density at radius 1 is 0.733 bits per heavy atom. The van der Waals surface area contributed by atoms with Crippen molar-refractivity contribution in [2.45, 2.75) is 26.2 Å². The fourth-order valence-electron chi connectivity index (χ4n) is 0. The van der Waals surface area contributed by atoms with Gasteiger partial charge in [-0.15, -0.1) is 0 Å². The van der Waals surface area contributed by atoms with Crippen molar-refractivity contribution < 1.29 is 108 Å². The summed E-state index contributed by atoms with van der Waals surface area (Å²) in [6, 6.07) is 0. The van der Waals surface area contributed by atoms with Crippen LogP contribution in [0.4, 0.5) is 0 Å². The summed E-state index contributed by atoms with van der Waals surface area (Å²) >= 11 is 4.08. The second kappa shape index (κ2) is 102. The number of nitrogens with zero attached hydrogens (tertiary/aromatic N) is 1. The Labute approximate surface area is 187 Å². The third-order valence-corrected chi connectivity index (χ3v) is 0. The third-order valence-electron chi connectivity index (χ3n) is 0. The minimum atomic E-state index is 0. The fourth-order valence-corrected chi connectivity index (χ4v) is 0. The van der Waals surface area contributed by atoms with Crippen molar-refractivity contribution in [3.8, 4) is 0 Å². The molecule has 15 heavy (non-hydrogen) atoms. The van der Waals surface area contributed by atoms with Gasteiger partial charge in [0.05, 0.1) is 0 Å². The number of rotatable bonds is 0. The number of hydrogen-bond acceptors (Lipinski definition) is 1. The molecule has 1 nitrogen and oxygen atoms in total. The van der Waals surface area contributed by atoms with E-state index in [1.165, 1.54) is 0 Å². The summed E-state index contributed by atoms with van der Waals surface area (Å²) in [6.07, 6.45) is 1.58. The second-order valence-electron chi connectivity index (χ2n) is 1.45. The molecule has 0 spiro atoms. The quantitative estimate of drug-likeness (QED) is 0.274. The van der Waals surface area contributed by atoms with Crippen molar-refractivity contribution in [1.82, 2.24) is 0 Å². The molecule has 0 aliphatic carbocycles. The summed E-state index contributed by atoms with van der Waals surface area (Å²) < 4.78 is 0. The molecule has 0 N–H and O–H groups in total. The SMILES string of the molecule is C[N-]C.C[S-].C[Si]C.C[Si]C.[W].[W].[Y].[Y]. The zero-order valence-corrected chi connectivity index (χ0v) is 25.2. The largest absolute Gasteiger partial charge is 0.796 e. The van der Waals surface area contributed by atoms with Crippen LogP contribution in [0.2, 0.25) is 26.2 Å². The predicted octanol–water partition coefficient (Wildman–Crippen LogP) is 2.35. The Morgan fingerprint density at radius 3 is 0.733 bits per heavy atom. The predicted molar refractivity (Wildman–Crippen MR) is 63.5 cm³/mol. The smallest absolute Gasteiger partial charge is 0.0307 e. The van der Waals surface area contributed by atoms with Crippen LogP contribution in [0, 0.1) is 0 Å². The summed E-state index contributed by atoms with van der Waals surface area (Å²) in [5.74, 6) is 0. The van der Waals surface area contributed by atoms with Crippen LogP contribution in [0.15, 0.2) is 0 Å². The molecule has 0 aliphatic rings. The fraction of sp³-hybridized carbons (Fsp3) is 1.00. The molecule has 0 aromatic carbocycles. The topological polar surface area (TPSA) is 14.1 Å². The van der Waals surface area contributed by atoms with Crippen molar-refractivity contribution in [1.29, 1.82) is 0 Å². The Hall–Kier alpha value is 4.33. The summed E-state index contributed by atoms with van der Waals surface area (Å²) in [7, 11) is 5.67. The van der Waals surface area contributed by atoms with Gasteiger partial charge in [0, 0.05) is 127 Å². The molecule has 0 saturated heterocycles. The van der Waals surface area contributed by atoms with E-state index in [4.69, 9.17) is 0 Å². The summed E-state index contributed by atoms with van der Waals surface area (Å²) in [5.41, 5.74) is 0. The van der Waals surface area contributed by atoms with Crippen LogP contribution >= 0.6 is 0 Å². The van der Waals surface area contributed by atoms with Crippen LogP contribution < -0.4 is 0 Å². The maximum atomic E-state index is 4.08. The van der Waals surface area contributed by atoms with Gasteiger partial charge in [-0.25, -0.2) is 0 Å². The zero-order chi connectivity index (χ0) is 10.1. The molecule has 0 aromatic heterocycles. The number of hydrogen-bond donors (Lipinski definition) is 0. The molecule has 0 aliphatic heterocycles. The molecule has 0 bridgehead atoms. The Bertz CT molecular complexity index is 37.7. The van der Waals surface area contributed by atoms with Gasteiger partial charge in [-0.1, -0.05) is 26.2 Å². The molecule has 0 fully saturated rings. The molecule has 0 unspecified atom stereocenters. The molecule has 0 heterocycles. The van der Waals surface area contributed by atoms with Crippen LogP contribution in [0.25, 0.3) is 5.32 Å². The van der Waals surface area contributed by atoms with Gasteiger partial charge in [-0.3, -0.25) is 0 Å². The van der Waals surface area contributed by atoms with Crippen LogP contribution in [0.3, 0.4) is 0 Å². The normalized spacial score (nSPS) is 4.00. The van der Waals surface area contributed by atoms with Crippen LogP contribution in [0.1, 0.15) is 0 Å². The van der Waals surface area contributed by atoms with E-state index in [-0.39, 0.29) is 108 Å². The second-order valence-corrected chi connectivity index (χ2v) is 3.45. The summed E-state index contributed by atoms with van der Waals surface area (Å²) in [6.45, 7) is 8.61. The standard InChI is InChI=1S/C2H6N.2C2H6Si.CH4S.2W.2Y/c3*1-3-2;1-2;;;;/h3*1-2H3;2H,1H3;;;;/q-1;;;;;;;/p-1. The van der Waals surface area contributed by atoms with Gasteiger partial charge >= 0.3 is 0 Å². The Balaban J connectivity index is -0.00000000673. The van der Waals surface area contributed by atoms with E-state index in [9.17, 15) is 0 Å². The monoisotopic (exact) mass is 753 g/mol. The maximum absolute atomic E-state index is 4.08. The third kappa shape index (κ3) is 261. The van der Waals surface area contributed by atoms with Gasteiger partial charge in [0.1, 0.15) is 0 Å². The molecule has 8 heteroatoms. The average Bonchev–Trinajstić information content (AvgIpc) is 1.96. The minimum Gasteiger partial charge on any atom is -0.796 e. The molecule has 0 atom stereocenters. The molecule has 6 radical (unpaired) electrons. The van der Waals surface area contributed by atoms with E-state index in [1.807, 2.05) is 0 Å². The maximum Gasteiger partial charge on any atom is 0.0307 e. The van der Waals surface area contributed by atoms with Crippen molar-refractivity contribution in [2.75, 3.05) is 20.4 Å². The van der Waals surface area contributed by atoms with Crippen molar-refractivity contribution in [3.05, 3.63) is 5.32 Å². The van der Waals surface area contributed by atoms with E-state index < -0.39 is 0 Å².